The summed E-state index contributed by atoms with van der Waals surface area (Å²) in [6.45, 7) is 3.78. The SMILES string of the molecule is COC(=O)CCC[C@@H](C(=O)N1C(=O)OC[C@@H]1C(C)C)[C@H](O)c1ccc([N+](=O)[O-])cc1. The van der Waals surface area contributed by atoms with E-state index in [0.717, 1.165) is 4.90 Å². The Balaban J connectivity index is 2.28. The topological polar surface area (TPSA) is 136 Å². The highest BCUT2D eigenvalue weighted by Gasteiger charge is 2.44. The number of aliphatic hydroxyl groups is 1. The third-order valence-electron chi connectivity index (χ3n) is 5.18. The third-order valence-corrected chi connectivity index (χ3v) is 5.18. The molecule has 1 heterocycles. The number of benzene rings is 1. The molecular weight excluding hydrogens is 396 g/mol. The average molecular weight is 422 g/mol. The van der Waals surface area contributed by atoms with Crippen molar-refractivity contribution in [2.24, 2.45) is 11.8 Å². The van der Waals surface area contributed by atoms with Crippen LogP contribution in [0.5, 0.6) is 0 Å². The molecule has 1 aromatic rings. The number of imide groups is 1. The number of aliphatic hydroxyl groups excluding tert-OH is 1. The molecule has 0 radical (unpaired) electrons. The summed E-state index contributed by atoms with van der Waals surface area (Å²) < 4.78 is 9.64. The van der Waals surface area contributed by atoms with Gasteiger partial charge in [0.25, 0.3) is 5.69 Å². The number of nitro groups is 1. The van der Waals surface area contributed by atoms with Crippen LogP contribution in [0.1, 0.15) is 44.8 Å². The summed E-state index contributed by atoms with van der Waals surface area (Å²) >= 11 is 0. The van der Waals surface area contributed by atoms with Crippen molar-refractivity contribution in [3.63, 3.8) is 0 Å². The fourth-order valence-electron chi connectivity index (χ4n) is 3.37. The van der Waals surface area contributed by atoms with Gasteiger partial charge in [0.2, 0.25) is 5.91 Å². The van der Waals surface area contributed by atoms with Gasteiger partial charge in [-0.3, -0.25) is 19.7 Å². The zero-order valence-corrected chi connectivity index (χ0v) is 17.1. The summed E-state index contributed by atoms with van der Waals surface area (Å²) in [4.78, 5) is 48.2. The van der Waals surface area contributed by atoms with Crippen LogP contribution in [0.3, 0.4) is 0 Å². The second kappa shape index (κ2) is 10.1. The molecule has 1 fully saturated rings. The van der Waals surface area contributed by atoms with Crippen molar-refractivity contribution < 1.29 is 33.9 Å². The zero-order chi connectivity index (χ0) is 22.4. The van der Waals surface area contributed by atoms with Gasteiger partial charge >= 0.3 is 12.1 Å². The highest BCUT2D eigenvalue weighted by Crippen LogP contribution is 2.32. The highest BCUT2D eigenvalue weighted by atomic mass is 16.6. The van der Waals surface area contributed by atoms with Crippen molar-refractivity contribution in [3.8, 4) is 0 Å². The molecule has 1 aliphatic rings. The molecule has 2 rings (SSSR count). The number of nitro benzene ring substituents is 1. The number of hydrogen-bond acceptors (Lipinski definition) is 8. The van der Waals surface area contributed by atoms with Gasteiger partial charge < -0.3 is 14.6 Å². The van der Waals surface area contributed by atoms with Crippen molar-refractivity contribution in [1.82, 2.24) is 4.90 Å². The Morgan fingerprint density at radius 2 is 1.97 bits per heavy atom. The lowest BCUT2D eigenvalue weighted by molar-refractivity contribution is -0.384. The fraction of sp³-hybridized carbons (Fsp3) is 0.550. The van der Waals surface area contributed by atoms with Crippen LogP contribution in [0.2, 0.25) is 0 Å². The monoisotopic (exact) mass is 422 g/mol. The molecule has 1 aromatic carbocycles. The third kappa shape index (κ3) is 5.32. The predicted octanol–water partition coefficient (Wildman–Crippen LogP) is 2.59. The molecular formula is C20H26N2O8. The fourth-order valence-corrected chi connectivity index (χ4v) is 3.37. The van der Waals surface area contributed by atoms with Gasteiger partial charge in [-0.05, 0) is 36.5 Å². The van der Waals surface area contributed by atoms with Crippen molar-refractivity contribution >= 4 is 23.7 Å². The molecule has 1 N–H and O–H groups in total. The van der Waals surface area contributed by atoms with E-state index in [1.165, 1.54) is 31.4 Å². The van der Waals surface area contributed by atoms with Crippen molar-refractivity contribution in [3.05, 3.63) is 39.9 Å². The second-order valence-electron chi connectivity index (χ2n) is 7.46. The number of nitrogens with zero attached hydrogens (tertiary/aromatic N) is 2. The molecule has 3 atom stereocenters. The Morgan fingerprint density at radius 1 is 1.33 bits per heavy atom. The van der Waals surface area contributed by atoms with Crippen molar-refractivity contribution in [2.75, 3.05) is 13.7 Å². The Kier molecular flexibility index (Phi) is 7.87. The van der Waals surface area contributed by atoms with Crippen LogP contribution in [0.4, 0.5) is 10.5 Å². The largest absolute Gasteiger partial charge is 0.469 e. The smallest absolute Gasteiger partial charge is 0.416 e. The van der Waals surface area contributed by atoms with E-state index in [1.807, 2.05) is 13.8 Å². The van der Waals surface area contributed by atoms with Crippen LogP contribution in [0.15, 0.2) is 24.3 Å². The molecule has 2 amide bonds. The molecule has 0 unspecified atom stereocenters. The predicted molar refractivity (Wildman–Crippen MR) is 104 cm³/mol. The summed E-state index contributed by atoms with van der Waals surface area (Å²) in [5.41, 5.74) is 0.146. The lowest BCUT2D eigenvalue weighted by Crippen LogP contribution is -2.46. The molecule has 30 heavy (non-hydrogen) atoms. The molecule has 1 saturated heterocycles. The van der Waals surface area contributed by atoms with Gasteiger partial charge in [0.1, 0.15) is 6.61 Å². The van der Waals surface area contributed by atoms with E-state index in [2.05, 4.69) is 4.74 Å². The van der Waals surface area contributed by atoms with E-state index >= 15 is 0 Å². The first-order chi connectivity index (χ1) is 14.2. The molecule has 0 bridgehead atoms. The number of methoxy groups -OCH3 is 1. The highest BCUT2D eigenvalue weighted by molar-refractivity contribution is 5.95. The number of carbonyl (C=O) groups is 3. The summed E-state index contributed by atoms with van der Waals surface area (Å²) in [6.07, 6.45) is -1.68. The van der Waals surface area contributed by atoms with E-state index < -0.39 is 41.0 Å². The minimum absolute atomic E-state index is 0.0469. The first-order valence-electron chi connectivity index (χ1n) is 9.66. The lowest BCUT2D eigenvalue weighted by atomic mass is 9.89. The first-order valence-corrected chi connectivity index (χ1v) is 9.66. The molecule has 0 aromatic heterocycles. The van der Waals surface area contributed by atoms with Crippen LogP contribution >= 0.6 is 0 Å². The summed E-state index contributed by atoms with van der Waals surface area (Å²) in [6, 6.07) is 4.74. The molecule has 164 valence electrons. The molecule has 0 aliphatic carbocycles. The van der Waals surface area contributed by atoms with Gasteiger partial charge in [-0.25, -0.2) is 9.69 Å². The minimum atomic E-state index is -1.32. The van der Waals surface area contributed by atoms with Gasteiger partial charge in [-0.15, -0.1) is 0 Å². The number of non-ortho nitro benzene ring substituents is 1. The summed E-state index contributed by atoms with van der Waals surface area (Å²) in [5, 5.41) is 21.7. The Bertz CT molecular complexity index is 793. The standard InChI is InChI=1S/C20H26N2O8/c1-12(2)16-11-30-20(26)21(16)19(25)15(5-4-6-17(23)29-3)18(24)13-7-9-14(10-8-13)22(27)28/h7-10,12,15-16,18,24H,4-6,11H2,1-3H3/t15-,16-,18-/m1/s1. The van der Waals surface area contributed by atoms with Gasteiger partial charge in [0.05, 0.1) is 30.1 Å². The van der Waals surface area contributed by atoms with E-state index in [-0.39, 0.29) is 37.5 Å². The van der Waals surface area contributed by atoms with Gasteiger partial charge in [-0.1, -0.05) is 13.8 Å². The maximum Gasteiger partial charge on any atom is 0.416 e. The van der Waals surface area contributed by atoms with E-state index in [1.54, 1.807) is 0 Å². The minimum Gasteiger partial charge on any atom is -0.469 e. The maximum absolute atomic E-state index is 13.2. The van der Waals surface area contributed by atoms with E-state index in [4.69, 9.17) is 4.74 Å². The maximum atomic E-state index is 13.2. The lowest BCUT2D eigenvalue weighted by Gasteiger charge is -2.29. The van der Waals surface area contributed by atoms with Crippen LogP contribution in [-0.2, 0) is 19.1 Å². The molecule has 0 saturated carbocycles. The number of amides is 2. The van der Waals surface area contributed by atoms with Crippen LogP contribution < -0.4 is 0 Å². The average Bonchev–Trinajstić information content (AvgIpc) is 3.11. The van der Waals surface area contributed by atoms with Crippen LogP contribution in [0.25, 0.3) is 0 Å². The molecule has 1 aliphatic heterocycles. The number of esters is 1. The van der Waals surface area contributed by atoms with Gasteiger partial charge in [-0.2, -0.15) is 0 Å². The van der Waals surface area contributed by atoms with Crippen molar-refractivity contribution in [2.45, 2.75) is 45.3 Å². The quantitative estimate of drug-likeness (QED) is 0.364. The molecule has 10 heteroatoms. The number of ether oxygens (including phenoxy) is 2. The van der Waals surface area contributed by atoms with E-state index in [0.29, 0.717) is 5.56 Å². The second-order valence-corrected chi connectivity index (χ2v) is 7.46. The number of carbonyl (C=O) groups excluding carboxylic acids is 3. The summed E-state index contributed by atoms with van der Waals surface area (Å²) in [5.74, 6) is -2.14. The normalized spacial score (nSPS) is 18.1. The first kappa shape index (κ1) is 23.3. The van der Waals surface area contributed by atoms with Gasteiger partial charge in [0.15, 0.2) is 0 Å². The molecule has 10 nitrogen and oxygen atoms in total. The number of hydrogen-bond donors (Lipinski definition) is 1. The Morgan fingerprint density at radius 3 is 2.50 bits per heavy atom. The Hall–Kier alpha value is -3.01. The summed E-state index contributed by atoms with van der Waals surface area (Å²) in [7, 11) is 1.25. The van der Waals surface area contributed by atoms with Crippen LogP contribution in [-0.4, -0.2) is 52.7 Å². The van der Waals surface area contributed by atoms with Crippen LogP contribution in [0, 0.1) is 22.0 Å². The Labute approximate surface area is 173 Å². The van der Waals surface area contributed by atoms with Crippen molar-refractivity contribution in [1.29, 1.82) is 0 Å². The van der Waals surface area contributed by atoms with Gasteiger partial charge in [0, 0.05) is 18.6 Å². The number of cyclic esters (lactones) is 1. The molecule has 0 spiro atoms. The zero-order valence-electron chi connectivity index (χ0n) is 17.1. The number of rotatable bonds is 9. The van der Waals surface area contributed by atoms with E-state index in [9.17, 15) is 29.6 Å².